The van der Waals surface area contributed by atoms with Gasteiger partial charge in [-0.05, 0) is 42.7 Å². The summed E-state index contributed by atoms with van der Waals surface area (Å²) in [6.45, 7) is 3.86. The van der Waals surface area contributed by atoms with Crippen molar-refractivity contribution in [3.63, 3.8) is 0 Å². The Morgan fingerprint density at radius 2 is 1.75 bits per heavy atom. The second-order valence-electron chi connectivity index (χ2n) is 7.00. The fourth-order valence-corrected chi connectivity index (χ4v) is 3.59. The summed E-state index contributed by atoms with van der Waals surface area (Å²) in [6.07, 6.45) is 0. The first kappa shape index (κ1) is 17.9. The first-order valence-corrected chi connectivity index (χ1v) is 8.96. The van der Waals surface area contributed by atoms with Crippen molar-refractivity contribution >= 4 is 29.2 Å². The Labute approximate surface area is 162 Å². The Balaban J connectivity index is 1.54. The fraction of sp³-hybridized carbons (Fsp3) is 0.238. The number of hydrogen-bond acceptors (Lipinski definition) is 6. The summed E-state index contributed by atoms with van der Waals surface area (Å²) >= 11 is 0. The van der Waals surface area contributed by atoms with Crippen molar-refractivity contribution in [1.82, 2.24) is 5.43 Å². The molecule has 2 aliphatic rings. The molecule has 1 fully saturated rings. The number of rotatable bonds is 4. The number of esters is 1. The summed E-state index contributed by atoms with van der Waals surface area (Å²) in [5.74, 6) is -2.57. The number of nitrogens with zero attached hydrogens (tertiary/aromatic N) is 2. The molecule has 2 aromatic rings. The third-order valence-electron chi connectivity index (χ3n) is 4.81. The minimum atomic E-state index is -0.975. The van der Waals surface area contributed by atoms with Crippen LogP contribution in [0.2, 0.25) is 0 Å². The highest BCUT2D eigenvalue weighted by molar-refractivity contribution is 6.46. The van der Waals surface area contributed by atoms with Crippen molar-refractivity contribution in [2.75, 3.05) is 4.90 Å². The maximum Gasteiger partial charge on any atom is 0.355 e. The van der Waals surface area contributed by atoms with Crippen LogP contribution in [0, 0.1) is 19.8 Å². The summed E-state index contributed by atoms with van der Waals surface area (Å²) < 4.78 is 5.29. The average Bonchev–Trinajstić information content (AvgIpc) is 3.20. The molecule has 0 saturated carbocycles. The number of fused-ring (bicyclic) bond motifs is 1. The number of hydrazone groups is 1. The molecule has 2 heterocycles. The standard InChI is InChI=1S/C21H19N3O4/c1-12-8-13(2)10-15(9-12)24-19(25)16-17(20(24)26)22-23-18(16)21(27)28-11-14-6-4-3-5-7-14/h3-10,16-17,22H,11H2,1-2H3/t16-,17-/m1/s1. The molecule has 2 atom stereocenters. The highest BCUT2D eigenvalue weighted by Gasteiger charge is 2.55. The van der Waals surface area contributed by atoms with Crippen LogP contribution in [-0.4, -0.2) is 29.5 Å². The summed E-state index contributed by atoms with van der Waals surface area (Å²) in [4.78, 5) is 39.4. The Kier molecular flexibility index (Phi) is 4.43. The largest absolute Gasteiger partial charge is 0.456 e. The van der Waals surface area contributed by atoms with E-state index in [9.17, 15) is 14.4 Å². The maximum atomic E-state index is 13.0. The number of carbonyl (C=O) groups excluding carboxylic acids is 3. The van der Waals surface area contributed by atoms with E-state index in [0.29, 0.717) is 5.69 Å². The molecule has 0 radical (unpaired) electrons. The topological polar surface area (TPSA) is 88.1 Å². The smallest absolute Gasteiger partial charge is 0.355 e. The van der Waals surface area contributed by atoms with Gasteiger partial charge in [0, 0.05) is 0 Å². The summed E-state index contributed by atoms with van der Waals surface area (Å²) in [6, 6.07) is 13.8. The van der Waals surface area contributed by atoms with Crippen LogP contribution in [0.1, 0.15) is 16.7 Å². The zero-order chi connectivity index (χ0) is 19.8. The highest BCUT2D eigenvalue weighted by Crippen LogP contribution is 2.31. The molecule has 2 amide bonds. The number of hydrogen-bond donors (Lipinski definition) is 1. The van der Waals surface area contributed by atoms with Crippen LogP contribution >= 0.6 is 0 Å². The second kappa shape index (κ2) is 6.92. The van der Waals surface area contributed by atoms with Gasteiger partial charge in [0.25, 0.3) is 5.91 Å². The van der Waals surface area contributed by atoms with Crippen molar-refractivity contribution in [2.45, 2.75) is 26.5 Å². The van der Waals surface area contributed by atoms with Crippen molar-refractivity contribution in [3.8, 4) is 0 Å². The first-order chi connectivity index (χ1) is 13.5. The Morgan fingerprint density at radius 1 is 1.07 bits per heavy atom. The minimum Gasteiger partial charge on any atom is -0.456 e. The lowest BCUT2D eigenvalue weighted by Gasteiger charge is -2.17. The van der Waals surface area contributed by atoms with E-state index >= 15 is 0 Å². The number of aryl methyl sites for hydroxylation is 2. The number of benzene rings is 2. The lowest BCUT2D eigenvalue weighted by molar-refractivity contribution is -0.137. The molecule has 2 aromatic carbocycles. The molecule has 4 rings (SSSR count). The Morgan fingerprint density at radius 3 is 2.43 bits per heavy atom. The van der Waals surface area contributed by atoms with E-state index < -0.39 is 29.7 Å². The van der Waals surface area contributed by atoms with E-state index in [4.69, 9.17) is 4.74 Å². The van der Waals surface area contributed by atoms with Gasteiger partial charge in [-0.3, -0.25) is 15.0 Å². The van der Waals surface area contributed by atoms with Gasteiger partial charge in [-0.2, -0.15) is 5.10 Å². The Hall–Kier alpha value is -3.48. The van der Waals surface area contributed by atoms with Gasteiger partial charge in [-0.1, -0.05) is 36.4 Å². The van der Waals surface area contributed by atoms with E-state index in [-0.39, 0.29) is 12.3 Å². The Bertz CT molecular complexity index is 980. The number of imide groups is 1. The molecular weight excluding hydrogens is 358 g/mol. The van der Waals surface area contributed by atoms with E-state index in [1.165, 1.54) is 0 Å². The van der Waals surface area contributed by atoms with Gasteiger partial charge in [-0.25, -0.2) is 9.69 Å². The molecule has 0 aliphatic carbocycles. The number of amides is 2. The molecule has 0 unspecified atom stereocenters. The quantitative estimate of drug-likeness (QED) is 0.649. The van der Waals surface area contributed by atoms with Gasteiger partial charge in [0.15, 0.2) is 5.71 Å². The molecule has 1 N–H and O–H groups in total. The van der Waals surface area contributed by atoms with Crippen molar-refractivity contribution < 1.29 is 19.1 Å². The highest BCUT2D eigenvalue weighted by atomic mass is 16.5. The molecule has 0 bridgehead atoms. The number of nitrogens with one attached hydrogen (secondary N) is 1. The van der Waals surface area contributed by atoms with Crippen LogP contribution in [0.25, 0.3) is 0 Å². The van der Waals surface area contributed by atoms with E-state index in [1.807, 2.05) is 50.2 Å². The first-order valence-electron chi connectivity index (χ1n) is 8.96. The van der Waals surface area contributed by atoms with Crippen LogP contribution in [0.15, 0.2) is 53.6 Å². The predicted octanol–water partition coefficient (Wildman–Crippen LogP) is 1.86. The molecule has 142 valence electrons. The lowest BCUT2D eigenvalue weighted by atomic mass is 9.99. The number of ether oxygens (including phenoxy) is 1. The van der Waals surface area contributed by atoms with Gasteiger partial charge in [0.05, 0.1) is 5.69 Å². The van der Waals surface area contributed by atoms with Crippen molar-refractivity contribution in [3.05, 3.63) is 65.2 Å². The summed E-state index contributed by atoms with van der Waals surface area (Å²) in [5, 5.41) is 3.92. The van der Waals surface area contributed by atoms with Gasteiger partial charge in [0.1, 0.15) is 18.6 Å². The fourth-order valence-electron chi connectivity index (χ4n) is 3.59. The average molecular weight is 377 g/mol. The van der Waals surface area contributed by atoms with Gasteiger partial charge >= 0.3 is 5.97 Å². The van der Waals surface area contributed by atoms with Crippen LogP contribution in [0.3, 0.4) is 0 Å². The number of carbonyl (C=O) groups is 3. The van der Waals surface area contributed by atoms with Gasteiger partial charge < -0.3 is 4.74 Å². The second-order valence-corrected chi connectivity index (χ2v) is 7.00. The van der Waals surface area contributed by atoms with E-state index in [1.54, 1.807) is 12.1 Å². The normalized spacial score (nSPS) is 20.6. The predicted molar refractivity (Wildman–Crippen MR) is 102 cm³/mol. The molecule has 1 saturated heterocycles. The third-order valence-corrected chi connectivity index (χ3v) is 4.81. The van der Waals surface area contributed by atoms with E-state index in [2.05, 4.69) is 10.5 Å². The van der Waals surface area contributed by atoms with Gasteiger partial charge in [-0.15, -0.1) is 0 Å². The number of anilines is 1. The maximum absolute atomic E-state index is 13.0. The van der Waals surface area contributed by atoms with Crippen LogP contribution < -0.4 is 10.3 Å². The van der Waals surface area contributed by atoms with Crippen molar-refractivity contribution in [2.24, 2.45) is 11.0 Å². The SMILES string of the molecule is Cc1cc(C)cc(N2C(=O)[C@H]3C(C(=O)OCc4ccccc4)=NN[C@H]3C2=O)c1. The van der Waals surface area contributed by atoms with Gasteiger partial charge in [0.2, 0.25) is 5.91 Å². The molecule has 0 spiro atoms. The zero-order valence-corrected chi connectivity index (χ0v) is 15.5. The molecular formula is C21H19N3O4. The minimum absolute atomic E-state index is 0.0637. The molecule has 28 heavy (non-hydrogen) atoms. The molecule has 7 heteroatoms. The van der Waals surface area contributed by atoms with E-state index in [0.717, 1.165) is 21.6 Å². The monoisotopic (exact) mass is 377 g/mol. The zero-order valence-electron chi connectivity index (χ0n) is 15.5. The van der Waals surface area contributed by atoms with Crippen LogP contribution in [0.4, 0.5) is 5.69 Å². The van der Waals surface area contributed by atoms with Crippen LogP contribution in [-0.2, 0) is 25.7 Å². The molecule has 7 nitrogen and oxygen atoms in total. The summed E-state index contributed by atoms with van der Waals surface area (Å²) in [7, 11) is 0. The molecule has 0 aromatic heterocycles. The van der Waals surface area contributed by atoms with Crippen LogP contribution in [0.5, 0.6) is 0 Å². The van der Waals surface area contributed by atoms with Crippen molar-refractivity contribution in [1.29, 1.82) is 0 Å². The molecule has 2 aliphatic heterocycles. The lowest BCUT2D eigenvalue weighted by Crippen LogP contribution is -2.36. The summed E-state index contributed by atoms with van der Waals surface area (Å²) in [5.41, 5.74) is 5.78. The third kappa shape index (κ3) is 3.05.